The average Bonchev–Trinajstić information content (AvgIpc) is 3.54. The fourth-order valence-electron chi connectivity index (χ4n) is 5.33. The Morgan fingerprint density at radius 3 is 2.55 bits per heavy atom. The van der Waals surface area contributed by atoms with Gasteiger partial charge in [-0.25, -0.2) is 14.8 Å². The molecule has 0 spiro atoms. The molecule has 2 saturated heterocycles. The van der Waals surface area contributed by atoms with Gasteiger partial charge in [0.05, 0.1) is 12.7 Å². The molecule has 0 radical (unpaired) electrons. The molecule has 3 aliphatic rings. The van der Waals surface area contributed by atoms with Crippen molar-refractivity contribution in [3.05, 3.63) is 59.6 Å². The number of nitrogens with zero attached hydrogens (tertiary/aromatic N) is 4. The summed E-state index contributed by atoms with van der Waals surface area (Å²) in [6, 6.07) is 12.1. The minimum Gasteiger partial charge on any atom is -0.477 e. The first-order valence-electron chi connectivity index (χ1n) is 11.7. The van der Waals surface area contributed by atoms with E-state index in [9.17, 15) is 9.90 Å². The molecule has 2 unspecified atom stereocenters. The molecule has 170 valence electrons. The Morgan fingerprint density at radius 2 is 1.85 bits per heavy atom. The van der Waals surface area contributed by atoms with Gasteiger partial charge in [-0.1, -0.05) is 35.5 Å². The van der Waals surface area contributed by atoms with Crippen molar-refractivity contribution in [2.24, 2.45) is 0 Å². The zero-order valence-corrected chi connectivity index (χ0v) is 18.3. The molecule has 1 aliphatic carbocycles. The Kier molecular flexibility index (Phi) is 5.10. The summed E-state index contributed by atoms with van der Waals surface area (Å²) in [6.45, 7) is 0.495. The molecule has 3 aromatic rings. The van der Waals surface area contributed by atoms with E-state index in [4.69, 9.17) is 9.26 Å². The predicted octanol–water partition coefficient (Wildman–Crippen LogP) is 4.42. The summed E-state index contributed by atoms with van der Waals surface area (Å²) >= 11 is 0. The summed E-state index contributed by atoms with van der Waals surface area (Å²) in [5.74, 6) is 0.930. The van der Waals surface area contributed by atoms with Crippen LogP contribution >= 0.6 is 0 Å². The molecule has 1 N–H and O–H groups in total. The lowest BCUT2D eigenvalue weighted by atomic mass is 9.99. The number of piperidine rings is 1. The number of ether oxygens (including phenoxy) is 1. The molecular formula is C25H26N4O4. The normalized spacial score (nSPS) is 24.2. The Balaban J connectivity index is 1.18. The highest BCUT2D eigenvalue weighted by molar-refractivity contribution is 5.85. The second-order valence-electron chi connectivity index (χ2n) is 9.26. The molecule has 1 aromatic carbocycles. The SMILES string of the molecule is O=C(O)c1ccnc(N2C3CC[C@H]2CC(OCc2c(-c4ccccc4)noc2C2CC2)C3)n1. The number of aromatic carboxylic acids is 1. The second-order valence-corrected chi connectivity index (χ2v) is 9.26. The van der Waals surface area contributed by atoms with E-state index in [0.29, 0.717) is 18.5 Å². The first kappa shape index (κ1) is 20.4. The smallest absolute Gasteiger partial charge is 0.354 e. The second kappa shape index (κ2) is 8.26. The minimum atomic E-state index is -1.03. The molecule has 8 nitrogen and oxygen atoms in total. The topological polar surface area (TPSA) is 102 Å². The fraction of sp³-hybridized carbons (Fsp3) is 0.440. The lowest BCUT2D eigenvalue weighted by molar-refractivity contribution is 0.0144. The first-order chi connectivity index (χ1) is 16.2. The maximum atomic E-state index is 11.3. The van der Waals surface area contributed by atoms with Gasteiger partial charge >= 0.3 is 5.97 Å². The van der Waals surface area contributed by atoms with Gasteiger partial charge in [-0.3, -0.25) is 0 Å². The summed E-state index contributed by atoms with van der Waals surface area (Å²) in [5.41, 5.74) is 3.05. The highest BCUT2D eigenvalue weighted by Gasteiger charge is 2.43. The fourth-order valence-corrected chi connectivity index (χ4v) is 5.33. The van der Waals surface area contributed by atoms with Crippen molar-refractivity contribution >= 4 is 11.9 Å². The molecule has 8 heteroatoms. The molecule has 3 fully saturated rings. The van der Waals surface area contributed by atoms with Crippen LogP contribution in [-0.2, 0) is 11.3 Å². The van der Waals surface area contributed by atoms with Crippen LogP contribution in [0.15, 0.2) is 47.1 Å². The quantitative estimate of drug-likeness (QED) is 0.569. The highest BCUT2D eigenvalue weighted by Crippen LogP contribution is 2.45. The van der Waals surface area contributed by atoms with E-state index >= 15 is 0 Å². The summed E-state index contributed by atoms with van der Waals surface area (Å²) in [4.78, 5) is 22.2. The van der Waals surface area contributed by atoms with E-state index in [1.165, 1.54) is 12.3 Å². The van der Waals surface area contributed by atoms with E-state index in [1.807, 2.05) is 18.2 Å². The molecule has 2 aromatic heterocycles. The maximum Gasteiger partial charge on any atom is 0.354 e. The first-order valence-corrected chi connectivity index (χ1v) is 11.7. The van der Waals surface area contributed by atoms with Gasteiger partial charge in [0, 0.05) is 35.3 Å². The zero-order chi connectivity index (χ0) is 22.4. The van der Waals surface area contributed by atoms with Gasteiger partial charge < -0.3 is 19.3 Å². The molecule has 2 bridgehead atoms. The lowest BCUT2D eigenvalue weighted by Gasteiger charge is -2.38. The monoisotopic (exact) mass is 446 g/mol. The molecule has 33 heavy (non-hydrogen) atoms. The summed E-state index contributed by atoms with van der Waals surface area (Å²) in [5, 5.41) is 13.7. The van der Waals surface area contributed by atoms with Crippen LogP contribution in [0.25, 0.3) is 11.3 Å². The predicted molar refractivity (Wildman–Crippen MR) is 120 cm³/mol. The lowest BCUT2D eigenvalue weighted by Crippen LogP contribution is -2.46. The van der Waals surface area contributed by atoms with Crippen molar-refractivity contribution in [2.75, 3.05) is 4.90 Å². The average molecular weight is 447 g/mol. The largest absolute Gasteiger partial charge is 0.477 e. The van der Waals surface area contributed by atoms with Gasteiger partial charge in [0.25, 0.3) is 0 Å². The summed E-state index contributed by atoms with van der Waals surface area (Å²) in [7, 11) is 0. The van der Waals surface area contributed by atoms with Crippen LogP contribution in [0.3, 0.4) is 0 Å². The third-order valence-corrected chi connectivity index (χ3v) is 7.06. The molecule has 2 aliphatic heterocycles. The number of hydrogen-bond acceptors (Lipinski definition) is 7. The van der Waals surface area contributed by atoms with E-state index < -0.39 is 5.97 Å². The van der Waals surface area contributed by atoms with Gasteiger partial charge in [-0.05, 0) is 44.6 Å². The number of benzene rings is 1. The van der Waals surface area contributed by atoms with Crippen molar-refractivity contribution in [2.45, 2.75) is 69.2 Å². The number of carboxylic acid groups (broad SMARTS) is 1. The van der Waals surface area contributed by atoms with E-state index in [2.05, 4.69) is 32.2 Å². The van der Waals surface area contributed by atoms with Gasteiger partial charge in [-0.15, -0.1) is 0 Å². The minimum absolute atomic E-state index is 0.0336. The van der Waals surface area contributed by atoms with E-state index in [-0.39, 0.29) is 23.9 Å². The zero-order valence-electron chi connectivity index (χ0n) is 18.3. The third kappa shape index (κ3) is 3.88. The van der Waals surface area contributed by atoms with Crippen molar-refractivity contribution in [1.29, 1.82) is 0 Å². The van der Waals surface area contributed by atoms with Crippen molar-refractivity contribution in [3.8, 4) is 11.3 Å². The standard InChI is InChI=1S/C25H26N4O4/c30-24(31)21-10-11-26-25(27-21)29-17-8-9-18(29)13-19(12-17)32-14-20-22(15-4-2-1-3-5-15)28-33-23(20)16-6-7-16/h1-5,10-11,16-19H,6-9,12-14H2,(H,30,31)/t17-,18?,19?/m0/s1. The van der Waals surface area contributed by atoms with E-state index in [0.717, 1.165) is 61.1 Å². The molecule has 3 atom stereocenters. The van der Waals surface area contributed by atoms with Gasteiger partial charge in [-0.2, -0.15) is 0 Å². The number of rotatable bonds is 7. The molecular weight excluding hydrogens is 420 g/mol. The van der Waals surface area contributed by atoms with Crippen LogP contribution < -0.4 is 4.90 Å². The summed E-state index contributed by atoms with van der Waals surface area (Å²) < 4.78 is 12.2. The van der Waals surface area contributed by atoms with Crippen LogP contribution in [0.1, 0.15) is 66.3 Å². The van der Waals surface area contributed by atoms with Crippen LogP contribution in [-0.4, -0.2) is 44.4 Å². The maximum absolute atomic E-state index is 11.3. The van der Waals surface area contributed by atoms with Crippen molar-refractivity contribution < 1.29 is 19.2 Å². The Hall–Kier alpha value is -3.26. The van der Waals surface area contributed by atoms with Crippen LogP contribution in [0.4, 0.5) is 5.95 Å². The number of carbonyl (C=O) groups is 1. The Morgan fingerprint density at radius 1 is 1.09 bits per heavy atom. The van der Waals surface area contributed by atoms with Crippen LogP contribution in [0, 0.1) is 0 Å². The van der Waals surface area contributed by atoms with E-state index in [1.54, 1.807) is 0 Å². The third-order valence-electron chi connectivity index (χ3n) is 7.06. The van der Waals surface area contributed by atoms with Gasteiger partial charge in [0.2, 0.25) is 5.95 Å². The molecule has 4 heterocycles. The highest BCUT2D eigenvalue weighted by atomic mass is 16.5. The van der Waals surface area contributed by atoms with Gasteiger partial charge in [0.15, 0.2) is 5.69 Å². The molecule has 1 saturated carbocycles. The number of anilines is 1. The molecule has 6 rings (SSSR count). The Bertz CT molecular complexity index is 1150. The number of hydrogen-bond donors (Lipinski definition) is 1. The number of fused-ring (bicyclic) bond motifs is 2. The number of aromatic nitrogens is 3. The Labute approximate surface area is 191 Å². The van der Waals surface area contributed by atoms with Crippen LogP contribution in [0.2, 0.25) is 0 Å². The van der Waals surface area contributed by atoms with Crippen molar-refractivity contribution in [1.82, 2.24) is 15.1 Å². The van der Waals surface area contributed by atoms with Crippen LogP contribution in [0.5, 0.6) is 0 Å². The van der Waals surface area contributed by atoms with Crippen molar-refractivity contribution in [3.63, 3.8) is 0 Å². The van der Waals surface area contributed by atoms with Gasteiger partial charge in [0.1, 0.15) is 11.5 Å². The number of carboxylic acids is 1. The summed E-state index contributed by atoms with van der Waals surface area (Å²) in [6.07, 6.45) is 7.80. The molecule has 0 amide bonds.